The monoisotopic (exact) mass is 313 g/mol. The van der Waals surface area contributed by atoms with Crippen molar-refractivity contribution in [2.75, 3.05) is 6.54 Å². The minimum Gasteiger partial charge on any atom is -0.481 e. The summed E-state index contributed by atoms with van der Waals surface area (Å²) >= 11 is 5.91. The highest BCUT2D eigenvalue weighted by molar-refractivity contribution is 6.30. The van der Waals surface area contributed by atoms with Gasteiger partial charge in [-0.15, -0.1) is 0 Å². The molecule has 116 valence electrons. The van der Waals surface area contributed by atoms with Crippen LogP contribution in [0.15, 0.2) is 24.3 Å². The van der Waals surface area contributed by atoms with Crippen LogP contribution < -0.4 is 0 Å². The molecule has 1 rings (SSSR count). The summed E-state index contributed by atoms with van der Waals surface area (Å²) in [5, 5.41) is 9.35. The largest absolute Gasteiger partial charge is 0.481 e. The first-order chi connectivity index (χ1) is 9.67. The second kappa shape index (κ2) is 7.31. The molecule has 21 heavy (non-hydrogen) atoms. The Labute approximate surface area is 129 Å². The van der Waals surface area contributed by atoms with Crippen molar-refractivity contribution in [3.8, 4) is 0 Å². The average Bonchev–Trinajstić information content (AvgIpc) is 2.32. The number of carboxylic acids is 1. The van der Waals surface area contributed by atoms with Crippen LogP contribution in [0.4, 0.5) is 4.79 Å². The third-order valence-corrected chi connectivity index (χ3v) is 2.74. The molecule has 1 N–H and O–H groups in total. The van der Waals surface area contributed by atoms with E-state index in [0.717, 1.165) is 5.56 Å². The molecule has 0 radical (unpaired) electrons. The van der Waals surface area contributed by atoms with Crippen LogP contribution in [0.25, 0.3) is 0 Å². The summed E-state index contributed by atoms with van der Waals surface area (Å²) in [4.78, 5) is 24.2. The van der Waals surface area contributed by atoms with Crippen molar-refractivity contribution in [3.05, 3.63) is 34.9 Å². The van der Waals surface area contributed by atoms with Gasteiger partial charge in [0.15, 0.2) is 0 Å². The number of ether oxygens (including phenoxy) is 1. The zero-order valence-corrected chi connectivity index (χ0v) is 13.2. The minimum absolute atomic E-state index is 0.0801. The van der Waals surface area contributed by atoms with Gasteiger partial charge in [-0.05, 0) is 38.5 Å². The van der Waals surface area contributed by atoms with Gasteiger partial charge >= 0.3 is 12.1 Å². The topological polar surface area (TPSA) is 66.8 Å². The van der Waals surface area contributed by atoms with Crippen molar-refractivity contribution >= 4 is 23.7 Å². The summed E-state index contributed by atoms with van der Waals surface area (Å²) in [7, 11) is 0. The van der Waals surface area contributed by atoms with E-state index < -0.39 is 17.7 Å². The number of aliphatic carboxylic acids is 1. The summed E-state index contributed by atoms with van der Waals surface area (Å²) in [6.45, 7) is 5.62. The van der Waals surface area contributed by atoms with Crippen LogP contribution in [0.3, 0.4) is 0 Å². The molecule has 0 fully saturated rings. The first-order valence-electron chi connectivity index (χ1n) is 6.61. The van der Waals surface area contributed by atoms with Gasteiger partial charge in [-0.2, -0.15) is 0 Å². The lowest BCUT2D eigenvalue weighted by Crippen LogP contribution is -2.37. The average molecular weight is 314 g/mol. The lowest BCUT2D eigenvalue weighted by Gasteiger charge is -2.27. The second-order valence-electron chi connectivity index (χ2n) is 5.68. The quantitative estimate of drug-likeness (QED) is 0.902. The number of hydrogen-bond donors (Lipinski definition) is 1. The van der Waals surface area contributed by atoms with Gasteiger partial charge in [-0.25, -0.2) is 4.79 Å². The molecule has 0 heterocycles. The van der Waals surface area contributed by atoms with E-state index >= 15 is 0 Å². The molecule has 6 heteroatoms. The fourth-order valence-electron chi connectivity index (χ4n) is 1.65. The Balaban J connectivity index is 2.81. The first-order valence-corrected chi connectivity index (χ1v) is 6.99. The highest BCUT2D eigenvalue weighted by Crippen LogP contribution is 2.16. The number of benzene rings is 1. The van der Waals surface area contributed by atoms with Crippen molar-refractivity contribution < 1.29 is 19.4 Å². The standard InChI is InChI=1S/C15H20ClNO4/c1-15(2,3)21-14(20)17(8-7-13(18)19)10-11-5-4-6-12(16)9-11/h4-6,9H,7-8,10H2,1-3H3,(H,18,19). The number of halogens is 1. The fraction of sp³-hybridized carbons (Fsp3) is 0.467. The van der Waals surface area contributed by atoms with E-state index in [0.29, 0.717) is 5.02 Å². The second-order valence-corrected chi connectivity index (χ2v) is 6.11. The molecule has 1 aromatic carbocycles. The summed E-state index contributed by atoms with van der Waals surface area (Å²) in [5.41, 5.74) is 0.186. The first kappa shape index (κ1) is 17.3. The van der Waals surface area contributed by atoms with Gasteiger partial charge in [0.1, 0.15) is 5.60 Å². The van der Waals surface area contributed by atoms with Crippen molar-refractivity contribution in [1.29, 1.82) is 0 Å². The van der Waals surface area contributed by atoms with E-state index in [1.54, 1.807) is 39.0 Å². The number of amides is 1. The Kier molecular flexibility index (Phi) is 6.03. The Morgan fingerprint density at radius 2 is 2.00 bits per heavy atom. The Morgan fingerprint density at radius 1 is 1.33 bits per heavy atom. The SMILES string of the molecule is CC(C)(C)OC(=O)N(CCC(=O)O)Cc1cccc(Cl)c1. The maximum atomic E-state index is 12.1. The molecule has 0 aliphatic rings. The molecule has 0 aliphatic carbocycles. The lowest BCUT2D eigenvalue weighted by atomic mass is 10.2. The van der Waals surface area contributed by atoms with E-state index in [9.17, 15) is 9.59 Å². The van der Waals surface area contributed by atoms with Gasteiger partial charge in [-0.1, -0.05) is 23.7 Å². The summed E-state index contributed by atoms with van der Waals surface area (Å²) in [5.74, 6) is -0.963. The summed E-state index contributed by atoms with van der Waals surface area (Å²) < 4.78 is 5.30. The van der Waals surface area contributed by atoms with Crippen molar-refractivity contribution in [3.63, 3.8) is 0 Å². The Hall–Kier alpha value is -1.75. The summed E-state index contributed by atoms with van der Waals surface area (Å²) in [6.07, 6.45) is -0.677. The Morgan fingerprint density at radius 3 is 2.52 bits per heavy atom. The van der Waals surface area contributed by atoms with Crippen LogP contribution >= 0.6 is 11.6 Å². The predicted octanol–water partition coefficient (Wildman–Crippen LogP) is 3.55. The van der Waals surface area contributed by atoms with Gasteiger partial charge in [0.25, 0.3) is 0 Å². The molecule has 0 atom stereocenters. The molecular weight excluding hydrogens is 294 g/mol. The van der Waals surface area contributed by atoms with Gasteiger partial charge in [-0.3, -0.25) is 4.79 Å². The molecule has 0 unspecified atom stereocenters. The molecule has 0 bridgehead atoms. The van der Waals surface area contributed by atoms with Crippen LogP contribution in [0.5, 0.6) is 0 Å². The zero-order chi connectivity index (χ0) is 16.0. The Bertz CT molecular complexity index is 511. The number of carbonyl (C=O) groups is 2. The maximum absolute atomic E-state index is 12.1. The third kappa shape index (κ3) is 6.99. The third-order valence-electron chi connectivity index (χ3n) is 2.51. The number of hydrogen-bond acceptors (Lipinski definition) is 3. The molecule has 5 nitrogen and oxygen atoms in total. The number of carboxylic acid groups (broad SMARTS) is 1. The van der Waals surface area contributed by atoms with Gasteiger partial charge in [0.05, 0.1) is 6.42 Å². The number of rotatable bonds is 5. The maximum Gasteiger partial charge on any atom is 0.410 e. The molecule has 1 aromatic rings. The van der Waals surface area contributed by atoms with E-state index in [2.05, 4.69) is 0 Å². The minimum atomic E-state index is -0.963. The normalized spacial score (nSPS) is 11.0. The van der Waals surface area contributed by atoms with Gasteiger partial charge in [0.2, 0.25) is 0 Å². The molecule has 0 aromatic heterocycles. The molecule has 0 saturated heterocycles. The lowest BCUT2D eigenvalue weighted by molar-refractivity contribution is -0.137. The number of nitrogens with zero attached hydrogens (tertiary/aromatic N) is 1. The summed E-state index contributed by atoms with van der Waals surface area (Å²) in [6, 6.07) is 7.08. The van der Waals surface area contributed by atoms with Crippen LogP contribution in [0.2, 0.25) is 5.02 Å². The van der Waals surface area contributed by atoms with Gasteiger partial charge in [0, 0.05) is 18.1 Å². The van der Waals surface area contributed by atoms with E-state index in [4.69, 9.17) is 21.4 Å². The van der Waals surface area contributed by atoms with Crippen LogP contribution in [-0.2, 0) is 16.1 Å². The van der Waals surface area contributed by atoms with E-state index in [1.165, 1.54) is 4.90 Å². The van der Waals surface area contributed by atoms with E-state index in [1.807, 2.05) is 6.07 Å². The molecule has 0 aliphatic heterocycles. The highest BCUT2D eigenvalue weighted by atomic mass is 35.5. The van der Waals surface area contributed by atoms with E-state index in [-0.39, 0.29) is 19.5 Å². The van der Waals surface area contributed by atoms with Crippen LogP contribution in [0, 0.1) is 0 Å². The molecule has 0 saturated carbocycles. The van der Waals surface area contributed by atoms with Crippen molar-refractivity contribution in [2.24, 2.45) is 0 Å². The zero-order valence-electron chi connectivity index (χ0n) is 12.4. The number of carbonyl (C=O) groups excluding carboxylic acids is 1. The predicted molar refractivity (Wildman–Crippen MR) is 80.3 cm³/mol. The van der Waals surface area contributed by atoms with Gasteiger partial charge < -0.3 is 14.7 Å². The highest BCUT2D eigenvalue weighted by Gasteiger charge is 2.22. The molecule has 0 spiro atoms. The van der Waals surface area contributed by atoms with Crippen molar-refractivity contribution in [1.82, 2.24) is 4.90 Å². The van der Waals surface area contributed by atoms with Crippen LogP contribution in [-0.4, -0.2) is 34.2 Å². The smallest absolute Gasteiger partial charge is 0.410 e. The molecular formula is C15H20ClNO4. The van der Waals surface area contributed by atoms with Crippen LogP contribution in [0.1, 0.15) is 32.8 Å². The van der Waals surface area contributed by atoms with Crippen molar-refractivity contribution in [2.45, 2.75) is 39.3 Å². The fourth-order valence-corrected chi connectivity index (χ4v) is 1.86. The molecule has 1 amide bonds.